The van der Waals surface area contributed by atoms with Crippen LogP contribution in [0.4, 0.5) is 5.69 Å². The Balaban J connectivity index is 2.07. The second-order valence-electron chi connectivity index (χ2n) is 5.50. The summed E-state index contributed by atoms with van der Waals surface area (Å²) >= 11 is 0. The van der Waals surface area contributed by atoms with Crippen LogP contribution in [-0.2, 0) is 0 Å². The summed E-state index contributed by atoms with van der Waals surface area (Å²) in [5, 5.41) is 0. The third-order valence-corrected chi connectivity index (χ3v) is 3.62. The normalized spacial score (nSPS) is 10.5. The number of nitrogen functional groups attached to an aromatic ring is 1. The molecule has 110 valence electrons. The van der Waals surface area contributed by atoms with E-state index in [-0.39, 0.29) is 0 Å². The number of para-hydroxylation sites is 1. The summed E-state index contributed by atoms with van der Waals surface area (Å²) in [6.07, 6.45) is 0. The summed E-state index contributed by atoms with van der Waals surface area (Å²) in [6, 6.07) is 22.1. The monoisotopic (exact) mass is 289 g/mol. The molecule has 2 nitrogen and oxygen atoms in total. The van der Waals surface area contributed by atoms with Crippen LogP contribution in [0.3, 0.4) is 0 Å². The summed E-state index contributed by atoms with van der Waals surface area (Å²) in [5.41, 5.74) is 11.1. The van der Waals surface area contributed by atoms with E-state index in [9.17, 15) is 0 Å². The fraction of sp³-hybridized carbons (Fsp3) is 0.100. The van der Waals surface area contributed by atoms with E-state index < -0.39 is 0 Å². The number of hydrogen-bond donors (Lipinski definition) is 1. The smallest absolute Gasteiger partial charge is 0.138 e. The molecule has 0 atom stereocenters. The molecule has 0 unspecified atom stereocenters. The Morgan fingerprint density at radius 2 is 1.59 bits per heavy atom. The van der Waals surface area contributed by atoms with E-state index in [1.807, 2.05) is 24.3 Å². The zero-order valence-corrected chi connectivity index (χ0v) is 12.8. The molecule has 0 amide bonds. The standard InChI is InChI=1S/C20H19NO/c1-14-6-3-8-16(12-14)19-11-4-7-15(2)20(19)22-18-10-5-9-17(21)13-18/h3-13H,21H2,1-2H3. The quantitative estimate of drug-likeness (QED) is 0.660. The Bertz CT molecular complexity index is 808. The predicted molar refractivity (Wildman–Crippen MR) is 92.3 cm³/mol. The molecule has 3 rings (SSSR count). The lowest BCUT2D eigenvalue weighted by molar-refractivity contribution is 0.481. The minimum atomic E-state index is 0.697. The van der Waals surface area contributed by atoms with Crippen LogP contribution in [0, 0.1) is 13.8 Å². The number of aryl methyl sites for hydroxylation is 2. The zero-order chi connectivity index (χ0) is 15.5. The van der Waals surface area contributed by atoms with E-state index in [2.05, 4.69) is 56.3 Å². The maximum Gasteiger partial charge on any atom is 0.138 e. The molecule has 0 aliphatic rings. The highest BCUT2D eigenvalue weighted by molar-refractivity contribution is 5.73. The molecular formula is C20H19NO. The number of rotatable bonds is 3. The topological polar surface area (TPSA) is 35.2 Å². The van der Waals surface area contributed by atoms with Gasteiger partial charge in [-0.2, -0.15) is 0 Å². The number of nitrogens with two attached hydrogens (primary N) is 1. The van der Waals surface area contributed by atoms with E-state index >= 15 is 0 Å². The van der Waals surface area contributed by atoms with E-state index in [1.54, 1.807) is 0 Å². The van der Waals surface area contributed by atoms with Crippen LogP contribution in [-0.4, -0.2) is 0 Å². The van der Waals surface area contributed by atoms with Crippen LogP contribution in [0.1, 0.15) is 11.1 Å². The lowest BCUT2D eigenvalue weighted by atomic mass is 10.0. The molecule has 0 saturated carbocycles. The van der Waals surface area contributed by atoms with Gasteiger partial charge in [-0.3, -0.25) is 0 Å². The van der Waals surface area contributed by atoms with Crippen molar-refractivity contribution >= 4 is 5.69 Å². The van der Waals surface area contributed by atoms with Gasteiger partial charge < -0.3 is 10.5 Å². The van der Waals surface area contributed by atoms with Crippen molar-refractivity contribution in [1.82, 2.24) is 0 Å². The van der Waals surface area contributed by atoms with Gasteiger partial charge in [0.05, 0.1) is 0 Å². The first kappa shape index (κ1) is 14.2. The van der Waals surface area contributed by atoms with Crippen molar-refractivity contribution < 1.29 is 4.74 Å². The van der Waals surface area contributed by atoms with Gasteiger partial charge in [-0.25, -0.2) is 0 Å². The predicted octanol–water partition coefficient (Wildman–Crippen LogP) is 5.34. The molecule has 0 aliphatic heterocycles. The maximum absolute atomic E-state index is 6.14. The Morgan fingerprint density at radius 1 is 0.818 bits per heavy atom. The van der Waals surface area contributed by atoms with Gasteiger partial charge in [-0.05, 0) is 37.1 Å². The van der Waals surface area contributed by atoms with Gasteiger partial charge in [0.1, 0.15) is 11.5 Å². The first-order valence-corrected chi connectivity index (χ1v) is 7.33. The first-order chi connectivity index (χ1) is 10.6. The highest BCUT2D eigenvalue weighted by Gasteiger charge is 2.10. The molecule has 0 spiro atoms. The van der Waals surface area contributed by atoms with Crippen LogP contribution in [0.2, 0.25) is 0 Å². The summed E-state index contributed by atoms with van der Waals surface area (Å²) in [4.78, 5) is 0. The van der Waals surface area contributed by atoms with Crippen LogP contribution in [0.5, 0.6) is 11.5 Å². The molecule has 0 aliphatic carbocycles. The van der Waals surface area contributed by atoms with E-state index in [0.717, 1.165) is 28.2 Å². The van der Waals surface area contributed by atoms with Crippen molar-refractivity contribution in [3.05, 3.63) is 77.9 Å². The minimum Gasteiger partial charge on any atom is -0.456 e. The molecule has 0 aromatic heterocycles. The fourth-order valence-corrected chi connectivity index (χ4v) is 2.52. The van der Waals surface area contributed by atoms with Crippen molar-refractivity contribution in [1.29, 1.82) is 0 Å². The molecular weight excluding hydrogens is 270 g/mol. The van der Waals surface area contributed by atoms with Gasteiger partial charge in [0, 0.05) is 17.3 Å². The molecule has 0 fully saturated rings. The van der Waals surface area contributed by atoms with Gasteiger partial charge in [-0.15, -0.1) is 0 Å². The van der Waals surface area contributed by atoms with Crippen molar-refractivity contribution in [2.75, 3.05) is 5.73 Å². The Kier molecular flexibility index (Phi) is 3.84. The Hall–Kier alpha value is -2.74. The summed E-state index contributed by atoms with van der Waals surface area (Å²) in [5.74, 6) is 1.63. The molecule has 0 saturated heterocycles. The average molecular weight is 289 g/mol. The second kappa shape index (κ2) is 5.94. The summed E-state index contributed by atoms with van der Waals surface area (Å²) in [6.45, 7) is 4.15. The highest BCUT2D eigenvalue weighted by Crippen LogP contribution is 2.36. The largest absolute Gasteiger partial charge is 0.456 e. The van der Waals surface area contributed by atoms with E-state index in [0.29, 0.717) is 5.69 Å². The minimum absolute atomic E-state index is 0.697. The van der Waals surface area contributed by atoms with Crippen LogP contribution in [0.15, 0.2) is 66.7 Å². The van der Waals surface area contributed by atoms with Gasteiger partial charge in [0.25, 0.3) is 0 Å². The van der Waals surface area contributed by atoms with E-state index in [4.69, 9.17) is 10.5 Å². The van der Waals surface area contributed by atoms with Gasteiger partial charge in [-0.1, -0.05) is 54.1 Å². The summed E-state index contributed by atoms with van der Waals surface area (Å²) in [7, 11) is 0. The molecule has 2 N–H and O–H groups in total. The molecule has 3 aromatic carbocycles. The average Bonchev–Trinajstić information content (AvgIpc) is 2.49. The third kappa shape index (κ3) is 2.96. The number of anilines is 1. The lowest BCUT2D eigenvalue weighted by Gasteiger charge is -2.15. The van der Waals surface area contributed by atoms with Crippen LogP contribution in [0.25, 0.3) is 11.1 Å². The third-order valence-electron chi connectivity index (χ3n) is 3.62. The zero-order valence-electron chi connectivity index (χ0n) is 12.8. The first-order valence-electron chi connectivity index (χ1n) is 7.33. The van der Waals surface area contributed by atoms with Gasteiger partial charge >= 0.3 is 0 Å². The van der Waals surface area contributed by atoms with Gasteiger partial charge in [0.15, 0.2) is 0 Å². The maximum atomic E-state index is 6.14. The molecule has 0 bridgehead atoms. The van der Waals surface area contributed by atoms with Crippen LogP contribution >= 0.6 is 0 Å². The second-order valence-corrected chi connectivity index (χ2v) is 5.50. The number of hydrogen-bond acceptors (Lipinski definition) is 2. The van der Waals surface area contributed by atoms with Crippen molar-refractivity contribution in [3.63, 3.8) is 0 Å². The fourth-order valence-electron chi connectivity index (χ4n) is 2.52. The van der Waals surface area contributed by atoms with Gasteiger partial charge in [0.2, 0.25) is 0 Å². The molecule has 2 heteroatoms. The Labute approximate surface area is 131 Å². The number of ether oxygens (including phenoxy) is 1. The molecule has 3 aromatic rings. The molecule has 0 heterocycles. The highest BCUT2D eigenvalue weighted by atomic mass is 16.5. The van der Waals surface area contributed by atoms with Crippen molar-refractivity contribution in [2.24, 2.45) is 0 Å². The number of benzene rings is 3. The van der Waals surface area contributed by atoms with E-state index in [1.165, 1.54) is 5.56 Å². The Morgan fingerprint density at radius 3 is 2.36 bits per heavy atom. The van der Waals surface area contributed by atoms with Crippen LogP contribution < -0.4 is 10.5 Å². The van der Waals surface area contributed by atoms with Crippen molar-refractivity contribution in [3.8, 4) is 22.6 Å². The molecule has 0 radical (unpaired) electrons. The SMILES string of the molecule is Cc1cccc(-c2cccc(C)c2Oc2cccc(N)c2)c1. The van der Waals surface area contributed by atoms with Crippen molar-refractivity contribution in [2.45, 2.75) is 13.8 Å². The lowest BCUT2D eigenvalue weighted by Crippen LogP contribution is -1.93. The molecule has 22 heavy (non-hydrogen) atoms. The summed E-state index contributed by atoms with van der Waals surface area (Å²) < 4.78 is 6.14.